The Balaban J connectivity index is 2.21. The minimum atomic E-state index is -0.203. The number of halogens is 2. The van der Waals surface area contributed by atoms with E-state index in [0.717, 1.165) is 25.2 Å². The highest BCUT2D eigenvalue weighted by Crippen LogP contribution is 2.28. The normalized spacial score (nSPS) is 20.3. The molecule has 1 saturated heterocycles. The fourth-order valence-electron chi connectivity index (χ4n) is 2.36. The predicted molar refractivity (Wildman–Crippen MR) is 70.3 cm³/mol. The van der Waals surface area contributed by atoms with Gasteiger partial charge in [-0.15, -0.1) is 11.6 Å². The van der Waals surface area contributed by atoms with Gasteiger partial charge in [-0.3, -0.25) is 0 Å². The molecule has 1 aliphatic heterocycles. The van der Waals surface area contributed by atoms with Gasteiger partial charge in [-0.2, -0.15) is 0 Å². The Morgan fingerprint density at radius 3 is 2.82 bits per heavy atom. The second-order valence-electron chi connectivity index (χ2n) is 4.72. The standard InChI is InChI=1S/C13H18ClFN2/c1-16(2)10-6-7-17(9-10)13-5-3-4-12(15)11(13)8-14/h3-5,10H,6-9H2,1-2H3. The molecule has 2 rings (SSSR count). The number of likely N-dealkylation sites (N-methyl/N-ethyl adjacent to an activating group) is 1. The fourth-order valence-corrected chi connectivity index (χ4v) is 2.62. The van der Waals surface area contributed by atoms with Gasteiger partial charge in [0.25, 0.3) is 0 Å². The zero-order chi connectivity index (χ0) is 12.4. The van der Waals surface area contributed by atoms with Gasteiger partial charge in [-0.05, 0) is 32.6 Å². The van der Waals surface area contributed by atoms with Crippen molar-refractivity contribution < 1.29 is 4.39 Å². The van der Waals surface area contributed by atoms with Crippen molar-refractivity contribution in [2.24, 2.45) is 0 Å². The highest BCUT2D eigenvalue weighted by Gasteiger charge is 2.25. The minimum Gasteiger partial charge on any atom is -0.370 e. The van der Waals surface area contributed by atoms with Crippen molar-refractivity contribution in [3.05, 3.63) is 29.6 Å². The van der Waals surface area contributed by atoms with Crippen LogP contribution in [0, 0.1) is 5.82 Å². The van der Waals surface area contributed by atoms with E-state index in [4.69, 9.17) is 11.6 Å². The molecule has 1 aliphatic rings. The Labute approximate surface area is 107 Å². The first-order valence-corrected chi connectivity index (χ1v) is 6.41. The van der Waals surface area contributed by atoms with Gasteiger partial charge in [0.05, 0.1) is 5.88 Å². The maximum absolute atomic E-state index is 13.6. The van der Waals surface area contributed by atoms with Crippen molar-refractivity contribution in [3.8, 4) is 0 Å². The van der Waals surface area contributed by atoms with E-state index >= 15 is 0 Å². The Hall–Kier alpha value is -0.800. The lowest BCUT2D eigenvalue weighted by molar-refractivity contribution is 0.315. The summed E-state index contributed by atoms with van der Waals surface area (Å²) >= 11 is 5.84. The Morgan fingerprint density at radius 2 is 2.24 bits per heavy atom. The average Bonchev–Trinajstić information content (AvgIpc) is 2.77. The van der Waals surface area contributed by atoms with Crippen LogP contribution in [0.5, 0.6) is 0 Å². The third-order valence-electron chi connectivity index (χ3n) is 3.46. The topological polar surface area (TPSA) is 6.48 Å². The third kappa shape index (κ3) is 2.55. The van der Waals surface area contributed by atoms with E-state index in [0.29, 0.717) is 11.6 Å². The largest absolute Gasteiger partial charge is 0.370 e. The van der Waals surface area contributed by atoms with Crippen LogP contribution >= 0.6 is 11.6 Å². The van der Waals surface area contributed by atoms with Crippen LogP contribution in [0.3, 0.4) is 0 Å². The van der Waals surface area contributed by atoms with Crippen molar-refractivity contribution in [2.75, 3.05) is 32.1 Å². The molecule has 2 nitrogen and oxygen atoms in total. The molecular weight excluding hydrogens is 239 g/mol. The molecule has 0 bridgehead atoms. The van der Waals surface area contributed by atoms with Crippen LogP contribution in [0.25, 0.3) is 0 Å². The average molecular weight is 257 g/mol. The molecule has 0 N–H and O–H groups in total. The maximum atomic E-state index is 13.6. The summed E-state index contributed by atoms with van der Waals surface area (Å²) in [5, 5.41) is 0. The summed E-state index contributed by atoms with van der Waals surface area (Å²) in [6.07, 6.45) is 1.12. The number of nitrogens with zero attached hydrogens (tertiary/aromatic N) is 2. The summed E-state index contributed by atoms with van der Waals surface area (Å²) in [6.45, 7) is 1.91. The summed E-state index contributed by atoms with van der Waals surface area (Å²) in [6, 6.07) is 5.73. The van der Waals surface area contributed by atoms with E-state index in [2.05, 4.69) is 23.9 Å². The van der Waals surface area contributed by atoms with Crippen LogP contribution in [-0.4, -0.2) is 38.1 Å². The van der Waals surface area contributed by atoms with Crippen molar-refractivity contribution in [3.63, 3.8) is 0 Å². The van der Waals surface area contributed by atoms with Crippen molar-refractivity contribution in [2.45, 2.75) is 18.3 Å². The molecule has 1 atom stereocenters. The van der Waals surface area contributed by atoms with Crippen LogP contribution in [-0.2, 0) is 5.88 Å². The van der Waals surface area contributed by atoms with Gasteiger partial charge in [0.15, 0.2) is 0 Å². The maximum Gasteiger partial charge on any atom is 0.129 e. The van der Waals surface area contributed by atoms with Crippen LogP contribution < -0.4 is 4.90 Å². The molecule has 1 unspecified atom stereocenters. The van der Waals surface area contributed by atoms with Crippen LogP contribution in [0.4, 0.5) is 10.1 Å². The first-order valence-electron chi connectivity index (χ1n) is 5.88. The third-order valence-corrected chi connectivity index (χ3v) is 3.73. The van der Waals surface area contributed by atoms with Crippen molar-refractivity contribution >= 4 is 17.3 Å². The molecule has 17 heavy (non-hydrogen) atoms. The SMILES string of the molecule is CN(C)C1CCN(c2cccc(F)c2CCl)C1. The van der Waals surface area contributed by atoms with E-state index in [1.165, 1.54) is 6.07 Å². The van der Waals surface area contributed by atoms with Gasteiger partial charge in [0.2, 0.25) is 0 Å². The summed E-state index contributed by atoms with van der Waals surface area (Å²) < 4.78 is 13.6. The van der Waals surface area contributed by atoms with E-state index in [-0.39, 0.29) is 11.7 Å². The Bertz CT molecular complexity index is 395. The molecular formula is C13H18ClFN2. The van der Waals surface area contributed by atoms with Gasteiger partial charge in [0.1, 0.15) is 5.82 Å². The molecule has 0 aliphatic carbocycles. The fraction of sp³-hybridized carbons (Fsp3) is 0.538. The van der Waals surface area contributed by atoms with Gasteiger partial charge < -0.3 is 9.80 Å². The Morgan fingerprint density at radius 1 is 1.47 bits per heavy atom. The molecule has 1 aromatic rings. The van der Waals surface area contributed by atoms with Gasteiger partial charge in [-0.25, -0.2) is 4.39 Å². The number of rotatable bonds is 3. The van der Waals surface area contributed by atoms with E-state index in [1.54, 1.807) is 6.07 Å². The zero-order valence-corrected chi connectivity index (χ0v) is 11.0. The lowest BCUT2D eigenvalue weighted by Crippen LogP contribution is -2.31. The van der Waals surface area contributed by atoms with E-state index < -0.39 is 0 Å². The number of hydrogen-bond donors (Lipinski definition) is 0. The summed E-state index contributed by atoms with van der Waals surface area (Å²) in [4.78, 5) is 4.45. The zero-order valence-electron chi connectivity index (χ0n) is 10.3. The summed E-state index contributed by atoms with van der Waals surface area (Å²) in [5.74, 6) is 0.0244. The van der Waals surface area contributed by atoms with Crippen LogP contribution in [0.1, 0.15) is 12.0 Å². The van der Waals surface area contributed by atoms with E-state index in [1.807, 2.05) is 6.07 Å². The molecule has 0 radical (unpaired) electrons. The molecule has 0 saturated carbocycles. The predicted octanol–water partition coefficient (Wildman–Crippen LogP) is 2.70. The first-order chi connectivity index (χ1) is 8.13. The number of alkyl halides is 1. The lowest BCUT2D eigenvalue weighted by atomic mass is 10.1. The lowest BCUT2D eigenvalue weighted by Gasteiger charge is -2.23. The smallest absolute Gasteiger partial charge is 0.129 e. The second kappa shape index (κ2) is 5.23. The molecule has 1 aromatic carbocycles. The molecule has 0 spiro atoms. The Kier molecular flexibility index (Phi) is 3.89. The van der Waals surface area contributed by atoms with Crippen molar-refractivity contribution in [1.29, 1.82) is 0 Å². The summed E-state index contributed by atoms with van der Waals surface area (Å²) in [5.41, 5.74) is 1.57. The van der Waals surface area contributed by atoms with Gasteiger partial charge in [0, 0.05) is 30.4 Å². The number of benzene rings is 1. The van der Waals surface area contributed by atoms with E-state index in [9.17, 15) is 4.39 Å². The molecule has 4 heteroatoms. The van der Waals surface area contributed by atoms with Crippen molar-refractivity contribution in [1.82, 2.24) is 4.90 Å². The van der Waals surface area contributed by atoms with Crippen LogP contribution in [0.2, 0.25) is 0 Å². The monoisotopic (exact) mass is 256 g/mol. The quantitative estimate of drug-likeness (QED) is 0.768. The number of anilines is 1. The minimum absolute atomic E-state index is 0.203. The summed E-state index contributed by atoms with van der Waals surface area (Å²) in [7, 11) is 4.17. The van der Waals surface area contributed by atoms with Gasteiger partial charge in [-0.1, -0.05) is 6.07 Å². The number of hydrogen-bond acceptors (Lipinski definition) is 2. The first kappa shape index (κ1) is 12.7. The second-order valence-corrected chi connectivity index (χ2v) is 4.99. The highest BCUT2D eigenvalue weighted by atomic mass is 35.5. The molecule has 0 amide bonds. The van der Waals surface area contributed by atoms with Gasteiger partial charge >= 0.3 is 0 Å². The van der Waals surface area contributed by atoms with Crippen LogP contribution in [0.15, 0.2) is 18.2 Å². The highest BCUT2D eigenvalue weighted by molar-refractivity contribution is 6.17. The molecule has 1 fully saturated rings. The molecule has 1 heterocycles. The molecule has 0 aromatic heterocycles. The molecule has 94 valence electrons.